The monoisotopic (exact) mass is 406 g/mol. The van der Waals surface area contributed by atoms with Crippen molar-refractivity contribution in [3.63, 3.8) is 0 Å². The number of rotatable bonds is 10. The number of carbonyl (C=O) groups is 1. The third-order valence-corrected chi connectivity index (χ3v) is 4.98. The summed E-state index contributed by atoms with van der Waals surface area (Å²) in [5, 5.41) is 2.67. The number of nitrogens with one attached hydrogen (secondary N) is 1. The molecule has 28 heavy (non-hydrogen) atoms. The Bertz CT molecular complexity index is 864. The number of hydrogen-bond acceptors (Lipinski definition) is 5. The molecule has 0 atom stereocenters. The number of amides is 1. The van der Waals surface area contributed by atoms with E-state index in [1.54, 1.807) is 24.3 Å². The fourth-order valence-corrected chi connectivity index (χ4v) is 3.31. The van der Waals surface area contributed by atoms with Crippen LogP contribution in [0.5, 0.6) is 11.5 Å². The summed E-state index contributed by atoms with van der Waals surface area (Å²) in [4.78, 5) is 12.2. The van der Waals surface area contributed by atoms with Crippen LogP contribution in [0, 0.1) is 6.92 Å². The van der Waals surface area contributed by atoms with Gasteiger partial charge in [-0.25, -0.2) is 8.42 Å². The predicted octanol–water partition coefficient (Wildman–Crippen LogP) is 2.35. The maximum Gasteiger partial charge on any atom is 0.240 e. The lowest BCUT2D eigenvalue weighted by Gasteiger charge is -2.22. The lowest BCUT2D eigenvalue weighted by Crippen LogP contribution is -2.41. The van der Waals surface area contributed by atoms with Crippen molar-refractivity contribution in [3.8, 4) is 11.5 Å². The number of nitrogens with zero attached hydrogens (tertiary/aromatic N) is 1. The molecular weight excluding hydrogens is 380 g/mol. The predicted molar refractivity (Wildman–Crippen MR) is 109 cm³/mol. The van der Waals surface area contributed by atoms with Gasteiger partial charge in [-0.3, -0.25) is 9.10 Å². The number of aryl methyl sites for hydroxylation is 1. The van der Waals surface area contributed by atoms with Crippen molar-refractivity contribution in [2.45, 2.75) is 13.8 Å². The average molecular weight is 407 g/mol. The molecule has 0 radical (unpaired) electrons. The minimum Gasteiger partial charge on any atom is -0.494 e. The van der Waals surface area contributed by atoms with Gasteiger partial charge in [-0.2, -0.15) is 0 Å². The highest BCUT2D eigenvalue weighted by molar-refractivity contribution is 7.92. The average Bonchev–Trinajstić information content (AvgIpc) is 2.65. The largest absolute Gasteiger partial charge is 0.494 e. The highest BCUT2D eigenvalue weighted by Gasteiger charge is 2.20. The van der Waals surface area contributed by atoms with Gasteiger partial charge in [0.2, 0.25) is 15.9 Å². The molecule has 0 aromatic heterocycles. The van der Waals surface area contributed by atoms with Gasteiger partial charge in [-0.15, -0.1) is 0 Å². The molecule has 2 aromatic rings. The third-order valence-electron chi connectivity index (χ3n) is 3.84. The molecule has 0 heterocycles. The van der Waals surface area contributed by atoms with Crippen molar-refractivity contribution in [1.29, 1.82) is 0 Å². The summed E-state index contributed by atoms with van der Waals surface area (Å²) < 4.78 is 36.2. The molecule has 0 unspecified atom stereocenters. The van der Waals surface area contributed by atoms with Crippen LogP contribution in [0.3, 0.4) is 0 Å². The molecule has 0 bridgehead atoms. The van der Waals surface area contributed by atoms with Gasteiger partial charge in [0, 0.05) is 0 Å². The van der Waals surface area contributed by atoms with Crippen molar-refractivity contribution in [1.82, 2.24) is 5.32 Å². The molecule has 8 heteroatoms. The van der Waals surface area contributed by atoms with E-state index in [9.17, 15) is 13.2 Å². The highest BCUT2D eigenvalue weighted by Crippen LogP contribution is 2.21. The van der Waals surface area contributed by atoms with Crippen molar-refractivity contribution >= 4 is 21.6 Å². The van der Waals surface area contributed by atoms with Crippen LogP contribution in [0.2, 0.25) is 0 Å². The van der Waals surface area contributed by atoms with Gasteiger partial charge >= 0.3 is 0 Å². The number of benzene rings is 2. The SMILES string of the molecule is CCOc1ccc(N(CC(=O)NCCOc2ccc(C)cc2)S(C)(=O)=O)cc1. The van der Waals surface area contributed by atoms with Crippen LogP contribution in [-0.4, -0.2) is 46.9 Å². The lowest BCUT2D eigenvalue weighted by molar-refractivity contribution is -0.119. The summed E-state index contributed by atoms with van der Waals surface area (Å²) in [5.74, 6) is 0.941. The van der Waals surface area contributed by atoms with Crippen LogP contribution in [0.1, 0.15) is 12.5 Å². The van der Waals surface area contributed by atoms with E-state index in [-0.39, 0.29) is 19.7 Å². The summed E-state index contributed by atoms with van der Waals surface area (Å²) >= 11 is 0. The summed E-state index contributed by atoms with van der Waals surface area (Å²) in [5.41, 5.74) is 1.54. The smallest absolute Gasteiger partial charge is 0.240 e. The Labute approximate surface area is 166 Å². The molecule has 1 amide bonds. The zero-order chi connectivity index (χ0) is 20.6. The minimum absolute atomic E-state index is 0.271. The lowest BCUT2D eigenvalue weighted by atomic mass is 10.2. The van der Waals surface area contributed by atoms with E-state index in [1.807, 2.05) is 38.1 Å². The molecule has 0 aliphatic rings. The molecule has 0 aliphatic heterocycles. The van der Waals surface area contributed by atoms with Crippen molar-refractivity contribution in [2.75, 3.05) is 36.9 Å². The normalized spacial score (nSPS) is 11.0. The minimum atomic E-state index is -3.62. The van der Waals surface area contributed by atoms with E-state index >= 15 is 0 Å². The number of ether oxygens (including phenoxy) is 2. The second kappa shape index (κ2) is 9.98. The number of carbonyl (C=O) groups excluding carboxylic acids is 1. The summed E-state index contributed by atoms with van der Waals surface area (Å²) in [7, 11) is -3.62. The topological polar surface area (TPSA) is 84.9 Å². The molecule has 0 aliphatic carbocycles. The van der Waals surface area contributed by atoms with E-state index in [4.69, 9.17) is 9.47 Å². The third kappa shape index (κ3) is 6.77. The first-order valence-electron chi connectivity index (χ1n) is 8.96. The number of anilines is 1. The maximum atomic E-state index is 12.2. The van der Waals surface area contributed by atoms with Crippen LogP contribution in [0.4, 0.5) is 5.69 Å². The molecule has 2 rings (SSSR count). The molecule has 2 aromatic carbocycles. The Morgan fingerprint density at radius 3 is 2.14 bits per heavy atom. The fourth-order valence-electron chi connectivity index (χ4n) is 2.46. The summed E-state index contributed by atoms with van der Waals surface area (Å²) in [6.07, 6.45) is 1.07. The van der Waals surface area contributed by atoms with Crippen LogP contribution < -0.4 is 19.1 Å². The maximum absolute atomic E-state index is 12.2. The number of sulfonamides is 1. The van der Waals surface area contributed by atoms with Gasteiger partial charge in [0.15, 0.2) is 0 Å². The summed E-state index contributed by atoms with van der Waals surface area (Å²) in [6.45, 7) is 4.62. The van der Waals surface area contributed by atoms with Gasteiger partial charge in [-0.05, 0) is 50.2 Å². The van der Waals surface area contributed by atoms with E-state index in [2.05, 4.69) is 5.32 Å². The standard InChI is InChI=1S/C20H26N2O5S/c1-4-26-18-11-7-17(8-12-18)22(28(3,24)25)15-20(23)21-13-14-27-19-9-5-16(2)6-10-19/h5-12H,4,13-15H2,1-3H3,(H,21,23). The van der Waals surface area contributed by atoms with Gasteiger partial charge in [-0.1, -0.05) is 17.7 Å². The second-order valence-electron chi connectivity index (χ2n) is 6.21. The molecule has 0 saturated carbocycles. The van der Waals surface area contributed by atoms with Crippen molar-refractivity contribution in [3.05, 3.63) is 54.1 Å². The highest BCUT2D eigenvalue weighted by atomic mass is 32.2. The Kier molecular flexibility index (Phi) is 7.69. The zero-order valence-corrected chi connectivity index (χ0v) is 17.2. The quantitative estimate of drug-likeness (QED) is 0.612. The molecule has 7 nitrogen and oxygen atoms in total. The van der Waals surface area contributed by atoms with E-state index in [1.165, 1.54) is 0 Å². The first-order chi connectivity index (χ1) is 13.3. The van der Waals surface area contributed by atoms with Crippen LogP contribution in [0.15, 0.2) is 48.5 Å². The van der Waals surface area contributed by atoms with Gasteiger partial charge in [0.25, 0.3) is 0 Å². The van der Waals surface area contributed by atoms with E-state index in [0.717, 1.165) is 16.1 Å². The molecule has 1 N–H and O–H groups in total. The van der Waals surface area contributed by atoms with Gasteiger partial charge in [0.1, 0.15) is 24.7 Å². The van der Waals surface area contributed by atoms with Crippen LogP contribution >= 0.6 is 0 Å². The molecule has 0 fully saturated rings. The number of hydrogen-bond donors (Lipinski definition) is 1. The van der Waals surface area contributed by atoms with E-state index < -0.39 is 15.9 Å². The molecule has 0 spiro atoms. The Balaban J connectivity index is 1.89. The first kappa shape index (κ1) is 21.6. The fraction of sp³-hybridized carbons (Fsp3) is 0.350. The Morgan fingerprint density at radius 1 is 1.00 bits per heavy atom. The van der Waals surface area contributed by atoms with Crippen LogP contribution in [0.25, 0.3) is 0 Å². The zero-order valence-electron chi connectivity index (χ0n) is 16.3. The Morgan fingerprint density at radius 2 is 1.57 bits per heavy atom. The van der Waals surface area contributed by atoms with E-state index in [0.29, 0.717) is 23.8 Å². The van der Waals surface area contributed by atoms with Gasteiger partial charge in [0.05, 0.1) is 25.1 Å². The second-order valence-corrected chi connectivity index (χ2v) is 8.11. The molecule has 152 valence electrons. The summed E-state index contributed by atoms with van der Waals surface area (Å²) in [6, 6.07) is 14.2. The molecule has 0 saturated heterocycles. The van der Waals surface area contributed by atoms with Crippen molar-refractivity contribution in [2.24, 2.45) is 0 Å². The molecular formula is C20H26N2O5S. The van der Waals surface area contributed by atoms with Gasteiger partial charge < -0.3 is 14.8 Å². The van der Waals surface area contributed by atoms with Crippen LogP contribution in [-0.2, 0) is 14.8 Å². The first-order valence-corrected chi connectivity index (χ1v) is 10.8. The van der Waals surface area contributed by atoms with Crippen molar-refractivity contribution < 1.29 is 22.7 Å². The Hall–Kier alpha value is -2.74.